The van der Waals surface area contributed by atoms with E-state index in [1.54, 1.807) is 0 Å². The van der Waals surface area contributed by atoms with Gasteiger partial charge in [-0.2, -0.15) is 5.10 Å². The molecule has 1 heterocycles. The zero-order chi connectivity index (χ0) is 12.4. The summed E-state index contributed by atoms with van der Waals surface area (Å²) in [5.74, 6) is -1.21. The number of nitrogens with zero attached hydrogens (tertiary/aromatic N) is 2. The maximum Gasteiger partial charge on any atom is 0.181 e. The van der Waals surface area contributed by atoms with Crippen LogP contribution in [0.4, 0.5) is 0 Å². The normalized spacial score (nSPS) is 12.4. The Morgan fingerprint density at radius 3 is 2.65 bits per heavy atom. The minimum absolute atomic E-state index is 0.294. The second kappa shape index (κ2) is 4.67. The summed E-state index contributed by atoms with van der Waals surface area (Å²) >= 11 is 3.33. The van der Waals surface area contributed by atoms with Gasteiger partial charge in [0.1, 0.15) is 5.82 Å². The van der Waals surface area contributed by atoms with E-state index in [9.17, 15) is 9.90 Å². The molecule has 0 fully saturated rings. The number of H-pyrrole nitrogens is 1. The van der Waals surface area contributed by atoms with Gasteiger partial charge in [-0.1, -0.05) is 35.0 Å². The first-order chi connectivity index (χ1) is 8.08. The SMILES string of the molecule is CC(C(=O)[O-])c1nc(-c2ccc(Br)cc2)n[nH]1. The van der Waals surface area contributed by atoms with Crippen LogP contribution in [0.3, 0.4) is 0 Å². The molecule has 0 saturated heterocycles. The van der Waals surface area contributed by atoms with Crippen LogP contribution in [0.1, 0.15) is 18.7 Å². The van der Waals surface area contributed by atoms with Gasteiger partial charge >= 0.3 is 0 Å². The molecule has 1 aromatic heterocycles. The van der Waals surface area contributed by atoms with Crippen LogP contribution < -0.4 is 5.11 Å². The van der Waals surface area contributed by atoms with Crippen LogP contribution in [-0.4, -0.2) is 21.2 Å². The molecule has 0 aliphatic heterocycles. The lowest BCUT2D eigenvalue weighted by Gasteiger charge is -2.07. The average Bonchev–Trinajstić information content (AvgIpc) is 2.78. The molecule has 0 saturated carbocycles. The van der Waals surface area contributed by atoms with Crippen molar-refractivity contribution in [1.82, 2.24) is 15.2 Å². The molecule has 0 spiro atoms. The lowest BCUT2D eigenvalue weighted by atomic mass is 10.2. The fourth-order valence-corrected chi connectivity index (χ4v) is 1.57. The number of carbonyl (C=O) groups is 1. The van der Waals surface area contributed by atoms with Gasteiger partial charge in [-0.05, 0) is 12.1 Å². The summed E-state index contributed by atoms with van der Waals surface area (Å²) in [6.45, 7) is 1.50. The van der Waals surface area contributed by atoms with Crippen molar-refractivity contribution in [3.05, 3.63) is 34.6 Å². The lowest BCUT2D eigenvalue weighted by molar-refractivity contribution is -0.307. The van der Waals surface area contributed by atoms with Gasteiger partial charge in [0.25, 0.3) is 0 Å². The smallest absolute Gasteiger partial charge is 0.181 e. The number of carbonyl (C=O) groups excluding carboxylic acids is 1. The van der Waals surface area contributed by atoms with Gasteiger partial charge in [-0.15, -0.1) is 0 Å². The van der Waals surface area contributed by atoms with Gasteiger partial charge in [-0.3, -0.25) is 5.10 Å². The maximum absolute atomic E-state index is 10.7. The molecule has 2 aromatic rings. The highest BCUT2D eigenvalue weighted by molar-refractivity contribution is 9.10. The summed E-state index contributed by atoms with van der Waals surface area (Å²) in [6, 6.07) is 7.43. The van der Waals surface area contributed by atoms with E-state index >= 15 is 0 Å². The number of aliphatic carboxylic acids is 1. The molecule has 2 rings (SSSR count). The van der Waals surface area contributed by atoms with Crippen molar-refractivity contribution in [2.45, 2.75) is 12.8 Å². The third-order valence-electron chi connectivity index (χ3n) is 2.37. The Morgan fingerprint density at radius 2 is 2.06 bits per heavy atom. The molecule has 0 aliphatic rings. The number of carboxylic acid groups (broad SMARTS) is 1. The molecule has 6 heteroatoms. The van der Waals surface area contributed by atoms with E-state index in [-0.39, 0.29) is 0 Å². The zero-order valence-corrected chi connectivity index (χ0v) is 10.6. The fourth-order valence-electron chi connectivity index (χ4n) is 1.31. The number of halogens is 1. The number of benzene rings is 1. The monoisotopic (exact) mass is 294 g/mol. The van der Waals surface area contributed by atoms with E-state index in [1.165, 1.54) is 6.92 Å². The van der Waals surface area contributed by atoms with Crippen molar-refractivity contribution in [3.63, 3.8) is 0 Å². The van der Waals surface area contributed by atoms with E-state index in [4.69, 9.17) is 0 Å². The van der Waals surface area contributed by atoms with Gasteiger partial charge in [-0.25, -0.2) is 4.98 Å². The number of rotatable bonds is 3. The fraction of sp³-hybridized carbons (Fsp3) is 0.182. The molecule has 1 aromatic carbocycles. The zero-order valence-electron chi connectivity index (χ0n) is 8.98. The highest BCUT2D eigenvalue weighted by Crippen LogP contribution is 2.19. The molecule has 1 N–H and O–H groups in total. The van der Waals surface area contributed by atoms with Crippen molar-refractivity contribution in [2.75, 3.05) is 0 Å². The number of hydrogen-bond donors (Lipinski definition) is 1. The van der Waals surface area contributed by atoms with Crippen molar-refractivity contribution in [1.29, 1.82) is 0 Å². The summed E-state index contributed by atoms with van der Waals surface area (Å²) in [7, 11) is 0. The molecular weight excluding hydrogens is 286 g/mol. The summed E-state index contributed by atoms with van der Waals surface area (Å²) < 4.78 is 0.958. The molecule has 0 bridgehead atoms. The predicted octanol–water partition coefficient (Wildman–Crippen LogP) is 1.09. The Kier molecular flexibility index (Phi) is 3.23. The molecule has 1 unspecified atom stereocenters. The van der Waals surface area contributed by atoms with E-state index in [0.717, 1.165) is 10.0 Å². The van der Waals surface area contributed by atoms with E-state index in [0.29, 0.717) is 11.6 Å². The Bertz CT molecular complexity index is 536. The van der Waals surface area contributed by atoms with Gasteiger partial charge in [0.15, 0.2) is 5.82 Å². The number of aromatic nitrogens is 3. The summed E-state index contributed by atoms with van der Waals surface area (Å²) in [5.41, 5.74) is 0.821. The molecule has 88 valence electrons. The molecule has 17 heavy (non-hydrogen) atoms. The van der Waals surface area contributed by atoms with Gasteiger partial charge in [0, 0.05) is 10.0 Å². The Morgan fingerprint density at radius 1 is 1.41 bits per heavy atom. The largest absolute Gasteiger partial charge is 0.549 e. The Balaban J connectivity index is 2.29. The number of carboxylic acids is 1. The highest BCUT2D eigenvalue weighted by atomic mass is 79.9. The molecular formula is C11H9BrN3O2-. The molecule has 0 amide bonds. The number of nitrogens with one attached hydrogen (secondary N) is 1. The van der Waals surface area contributed by atoms with Crippen LogP contribution >= 0.6 is 15.9 Å². The number of hydrogen-bond acceptors (Lipinski definition) is 4. The summed E-state index contributed by atoms with van der Waals surface area (Å²) in [6.07, 6.45) is 0. The summed E-state index contributed by atoms with van der Waals surface area (Å²) in [5, 5.41) is 17.3. The highest BCUT2D eigenvalue weighted by Gasteiger charge is 2.12. The molecule has 0 radical (unpaired) electrons. The second-order valence-electron chi connectivity index (χ2n) is 3.59. The first-order valence-corrected chi connectivity index (χ1v) is 5.76. The first kappa shape index (κ1) is 11.8. The van der Waals surface area contributed by atoms with Gasteiger partial charge in [0.05, 0.1) is 11.9 Å². The van der Waals surface area contributed by atoms with Crippen molar-refractivity contribution in [3.8, 4) is 11.4 Å². The van der Waals surface area contributed by atoms with Crippen molar-refractivity contribution >= 4 is 21.9 Å². The third kappa shape index (κ3) is 2.52. The van der Waals surface area contributed by atoms with E-state index in [2.05, 4.69) is 31.1 Å². The van der Waals surface area contributed by atoms with E-state index < -0.39 is 11.9 Å². The van der Waals surface area contributed by atoms with Crippen molar-refractivity contribution in [2.24, 2.45) is 0 Å². The van der Waals surface area contributed by atoms with Crippen LogP contribution in [0.15, 0.2) is 28.7 Å². The van der Waals surface area contributed by atoms with Crippen LogP contribution in [-0.2, 0) is 4.79 Å². The van der Waals surface area contributed by atoms with Crippen LogP contribution in [0.25, 0.3) is 11.4 Å². The maximum atomic E-state index is 10.7. The minimum Gasteiger partial charge on any atom is -0.549 e. The second-order valence-corrected chi connectivity index (χ2v) is 4.51. The molecule has 5 nitrogen and oxygen atoms in total. The quantitative estimate of drug-likeness (QED) is 0.919. The first-order valence-electron chi connectivity index (χ1n) is 4.97. The summed E-state index contributed by atoms with van der Waals surface area (Å²) in [4.78, 5) is 14.8. The van der Waals surface area contributed by atoms with Crippen LogP contribution in [0, 0.1) is 0 Å². The predicted molar refractivity (Wildman–Crippen MR) is 62.9 cm³/mol. The third-order valence-corrected chi connectivity index (χ3v) is 2.90. The lowest BCUT2D eigenvalue weighted by Crippen LogP contribution is -2.28. The standard InChI is InChI=1S/C11H10BrN3O2/c1-6(11(16)17)9-13-10(15-14-9)7-2-4-8(12)5-3-7/h2-6H,1H3,(H,16,17)(H,13,14,15)/p-1. The Hall–Kier alpha value is -1.69. The van der Waals surface area contributed by atoms with Crippen LogP contribution in [0.5, 0.6) is 0 Å². The average molecular weight is 295 g/mol. The Labute approximate surface area is 106 Å². The topological polar surface area (TPSA) is 81.7 Å². The van der Waals surface area contributed by atoms with Crippen molar-refractivity contribution < 1.29 is 9.90 Å². The van der Waals surface area contributed by atoms with Gasteiger partial charge < -0.3 is 9.90 Å². The van der Waals surface area contributed by atoms with E-state index in [1.807, 2.05) is 24.3 Å². The van der Waals surface area contributed by atoms with Crippen LogP contribution in [0.2, 0.25) is 0 Å². The molecule has 1 atom stereocenters. The minimum atomic E-state index is -1.18. The van der Waals surface area contributed by atoms with Gasteiger partial charge in [0.2, 0.25) is 0 Å². The number of aromatic amines is 1. The molecule has 0 aliphatic carbocycles.